The van der Waals surface area contributed by atoms with Crippen LogP contribution in [0.1, 0.15) is 6.92 Å². The Morgan fingerprint density at radius 2 is 1.56 bits per heavy atom. The number of halogens is 4. The minimum absolute atomic E-state index is 0.0762. The first-order chi connectivity index (χ1) is 3.81. The van der Waals surface area contributed by atoms with Gasteiger partial charge in [-0.3, -0.25) is 0 Å². The lowest BCUT2D eigenvalue weighted by Gasteiger charge is -2.16. The molecule has 0 bridgehead atoms. The van der Waals surface area contributed by atoms with Gasteiger partial charge in [0.2, 0.25) is 0 Å². The lowest BCUT2D eigenvalue weighted by molar-refractivity contribution is -0.160. The highest BCUT2D eigenvalue weighted by Gasteiger charge is 2.50. The molecular formula is C5H4F4. The van der Waals surface area contributed by atoms with Crippen LogP contribution < -0.4 is 0 Å². The van der Waals surface area contributed by atoms with Crippen LogP contribution >= 0.6 is 0 Å². The molecule has 0 spiro atoms. The molecular weight excluding hydrogens is 136 g/mol. The molecule has 0 atom stereocenters. The van der Waals surface area contributed by atoms with Crippen molar-refractivity contribution < 1.29 is 17.6 Å². The Morgan fingerprint density at radius 3 is 1.56 bits per heavy atom. The van der Waals surface area contributed by atoms with Gasteiger partial charge in [-0.15, -0.1) is 6.42 Å². The number of hydrogen-bond acceptors (Lipinski definition) is 0. The van der Waals surface area contributed by atoms with Crippen molar-refractivity contribution in [3.05, 3.63) is 0 Å². The first kappa shape index (κ1) is 8.28. The highest BCUT2D eigenvalue weighted by molar-refractivity contribution is 5.06. The smallest absolute Gasteiger partial charge is 0.199 e. The van der Waals surface area contributed by atoms with Crippen LogP contribution in [0.15, 0.2) is 0 Å². The molecule has 0 unspecified atom stereocenters. The average molecular weight is 140 g/mol. The van der Waals surface area contributed by atoms with Crippen molar-refractivity contribution in [1.82, 2.24) is 0 Å². The Labute approximate surface area is 49.9 Å². The predicted octanol–water partition coefficient (Wildman–Crippen LogP) is 1.91. The van der Waals surface area contributed by atoms with Crippen molar-refractivity contribution in [2.45, 2.75) is 18.8 Å². The summed E-state index contributed by atoms with van der Waals surface area (Å²) in [4.78, 5) is 0. The number of hydrogen-bond donors (Lipinski definition) is 0. The van der Waals surface area contributed by atoms with Gasteiger partial charge in [0.05, 0.1) is 0 Å². The Hall–Kier alpha value is -0.720. The summed E-state index contributed by atoms with van der Waals surface area (Å²) in [6.45, 7) is 0.0762. The van der Waals surface area contributed by atoms with Crippen molar-refractivity contribution >= 4 is 0 Å². The van der Waals surface area contributed by atoms with Crippen LogP contribution in [0.2, 0.25) is 0 Å². The van der Waals surface area contributed by atoms with Crippen molar-refractivity contribution in [2.24, 2.45) is 0 Å². The minimum atomic E-state index is -4.33. The van der Waals surface area contributed by atoms with Gasteiger partial charge in [-0.2, -0.15) is 17.6 Å². The van der Waals surface area contributed by atoms with E-state index in [4.69, 9.17) is 0 Å². The van der Waals surface area contributed by atoms with E-state index in [-0.39, 0.29) is 6.92 Å². The number of terminal acetylenes is 1. The molecule has 0 aromatic heterocycles. The molecule has 0 heterocycles. The summed E-state index contributed by atoms with van der Waals surface area (Å²) in [5, 5.41) is 0. The summed E-state index contributed by atoms with van der Waals surface area (Å²) in [7, 11) is 0. The van der Waals surface area contributed by atoms with Gasteiger partial charge >= 0.3 is 11.8 Å². The molecule has 0 aliphatic heterocycles. The second kappa shape index (κ2) is 1.90. The van der Waals surface area contributed by atoms with E-state index in [1.807, 2.05) is 0 Å². The molecule has 0 amide bonds. The van der Waals surface area contributed by atoms with Gasteiger partial charge in [-0.1, -0.05) is 0 Å². The Kier molecular flexibility index (Phi) is 1.75. The van der Waals surface area contributed by atoms with Gasteiger partial charge in [0.25, 0.3) is 0 Å². The highest BCUT2D eigenvalue weighted by Crippen LogP contribution is 2.32. The zero-order chi connectivity index (χ0) is 7.71. The summed E-state index contributed by atoms with van der Waals surface area (Å²) < 4.78 is 46.6. The normalized spacial score (nSPS) is 12.9. The first-order valence-corrected chi connectivity index (χ1v) is 2.04. The molecule has 0 fully saturated rings. The zero-order valence-corrected chi connectivity index (χ0v) is 4.59. The molecule has 0 N–H and O–H groups in total. The van der Waals surface area contributed by atoms with E-state index < -0.39 is 11.8 Å². The van der Waals surface area contributed by atoms with E-state index in [0.29, 0.717) is 5.92 Å². The van der Waals surface area contributed by atoms with E-state index in [1.165, 1.54) is 0 Å². The summed E-state index contributed by atoms with van der Waals surface area (Å²) in [6.07, 6.45) is 4.11. The molecule has 52 valence electrons. The van der Waals surface area contributed by atoms with Crippen LogP contribution in [0.3, 0.4) is 0 Å². The molecule has 0 nitrogen and oxygen atoms in total. The molecule has 0 aliphatic rings. The van der Waals surface area contributed by atoms with Gasteiger partial charge in [-0.25, -0.2) is 0 Å². The first-order valence-electron chi connectivity index (χ1n) is 2.04. The monoisotopic (exact) mass is 140 g/mol. The topological polar surface area (TPSA) is 0 Å². The van der Waals surface area contributed by atoms with Crippen molar-refractivity contribution in [3.8, 4) is 12.3 Å². The second-order valence-electron chi connectivity index (χ2n) is 1.61. The molecule has 9 heavy (non-hydrogen) atoms. The summed E-state index contributed by atoms with van der Waals surface area (Å²) in [5.74, 6) is -7.75. The molecule has 0 rings (SSSR count). The molecule has 0 aromatic carbocycles. The second-order valence-corrected chi connectivity index (χ2v) is 1.61. The van der Waals surface area contributed by atoms with Crippen molar-refractivity contribution in [2.75, 3.05) is 0 Å². The van der Waals surface area contributed by atoms with E-state index in [0.717, 1.165) is 0 Å². The Morgan fingerprint density at radius 1 is 1.22 bits per heavy atom. The minimum Gasteiger partial charge on any atom is -0.199 e. The van der Waals surface area contributed by atoms with Gasteiger partial charge in [-0.05, 0) is 5.92 Å². The van der Waals surface area contributed by atoms with Gasteiger partial charge < -0.3 is 0 Å². The molecule has 0 saturated heterocycles. The lowest BCUT2D eigenvalue weighted by atomic mass is 10.2. The van der Waals surface area contributed by atoms with Crippen LogP contribution in [0.5, 0.6) is 0 Å². The summed E-state index contributed by atoms with van der Waals surface area (Å²) in [5.41, 5.74) is 0. The van der Waals surface area contributed by atoms with Crippen LogP contribution in [-0.4, -0.2) is 11.8 Å². The third kappa shape index (κ3) is 1.60. The van der Waals surface area contributed by atoms with Gasteiger partial charge in [0.1, 0.15) is 0 Å². The van der Waals surface area contributed by atoms with Crippen molar-refractivity contribution in [1.29, 1.82) is 0 Å². The van der Waals surface area contributed by atoms with Crippen LogP contribution in [0.4, 0.5) is 17.6 Å². The molecule has 0 aliphatic carbocycles. The Bertz CT molecular complexity index is 136. The van der Waals surface area contributed by atoms with Crippen LogP contribution in [0, 0.1) is 12.3 Å². The number of alkyl halides is 4. The highest BCUT2D eigenvalue weighted by atomic mass is 19.3. The van der Waals surface area contributed by atoms with Crippen LogP contribution in [0.25, 0.3) is 0 Å². The maximum absolute atomic E-state index is 11.7. The average Bonchev–Trinajstić information content (AvgIpc) is 1.64. The number of rotatable bonds is 1. The standard InChI is InChI=1S/C5H4F4/c1-3-5(8,9)4(2,6)7/h1H,2H3. The predicted molar refractivity (Wildman–Crippen MR) is 24.4 cm³/mol. The zero-order valence-electron chi connectivity index (χ0n) is 4.59. The molecule has 0 aromatic rings. The SMILES string of the molecule is C#CC(F)(F)C(C)(F)F. The van der Waals surface area contributed by atoms with E-state index in [1.54, 1.807) is 0 Å². The molecule has 4 heteroatoms. The Balaban J connectivity index is 4.39. The molecule has 0 radical (unpaired) electrons. The largest absolute Gasteiger partial charge is 0.369 e. The third-order valence-corrected chi connectivity index (χ3v) is 0.733. The van der Waals surface area contributed by atoms with Gasteiger partial charge in [0, 0.05) is 6.92 Å². The summed E-state index contributed by atoms with van der Waals surface area (Å²) >= 11 is 0. The quantitative estimate of drug-likeness (QED) is 0.385. The third-order valence-electron chi connectivity index (χ3n) is 0.733. The van der Waals surface area contributed by atoms with Gasteiger partial charge in [0.15, 0.2) is 0 Å². The maximum atomic E-state index is 11.7. The maximum Gasteiger partial charge on any atom is 0.369 e. The van der Waals surface area contributed by atoms with E-state index in [9.17, 15) is 17.6 Å². The molecule has 0 saturated carbocycles. The van der Waals surface area contributed by atoms with Crippen molar-refractivity contribution in [3.63, 3.8) is 0 Å². The fourth-order valence-corrected chi connectivity index (χ4v) is 0.127. The lowest BCUT2D eigenvalue weighted by Crippen LogP contribution is -2.35. The fourth-order valence-electron chi connectivity index (χ4n) is 0.127. The van der Waals surface area contributed by atoms with Crippen LogP contribution in [-0.2, 0) is 0 Å². The van der Waals surface area contributed by atoms with E-state index in [2.05, 4.69) is 6.42 Å². The van der Waals surface area contributed by atoms with E-state index >= 15 is 0 Å². The summed E-state index contributed by atoms with van der Waals surface area (Å²) in [6, 6.07) is 0. The fraction of sp³-hybridized carbons (Fsp3) is 0.600.